The van der Waals surface area contributed by atoms with Gasteiger partial charge in [0.25, 0.3) is 5.69 Å². The summed E-state index contributed by atoms with van der Waals surface area (Å²) < 4.78 is 0. The summed E-state index contributed by atoms with van der Waals surface area (Å²) in [5.74, 6) is 0. The molecule has 1 aliphatic rings. The van der Waals surface area contributed by atoms with Crippen LogP contribution in [0.2, 0.25) is 0 Å². The highest BCUT2D eigenvalue weighted by Crippen LogP contribution is 2.26. The van der Waals surface area contributed by atoms with Gasteiger partial charge < -0.3 is 5.32 Å². The molecule has 19 heavy (non-hydrogen) atoms. The maximum atomic E-state index is 11.0. The van der Waals surface area contributed by atoms with E-state index < -0.39 is 4.92 Å². The zero-order valence-electron chi connectivity index (χ0n) is 10.6. The fourth-order valence-corrected chi connectivity index (χ4v) is 2.22. The van der Waals surface area contributed by atoms with E-state index in [1.54, 1.807) is 12.1 Å². The van der Waals surface area contributed by atoms with Crippen molar-refractivity contribution in [3.05, 3.63) is 45.5 Å². The van der Waals surface area contributed by atoms with E-state index >= 15 is 0 Å². The lowest BCUT2D eigenvalue weighted by molar-refractivity contribution is -0.384. The van der Waals surface area contributed by atoms with Crippen molar-refractivity contribution >= 4 is 11.4 Å². The number of anilines is 1. The molecule has 0 fully saturated rings. The van der Waals surface area contributed by atoms with E-state index in [1.165, 1.54) is 18.1 Å². The molecule has 2 rings (SSSR count). The van der Waals surface area contributed by atoms with Gasteiger partial charge in [-0.2, -0.15) is 5.26 Å². The Morgan fingerprint density at radius 2 is 2.32 bits per heavy atom. The summed E-state index contributed by atoms with van der Waals surface area (Å²) in [5, 5.41) is 22.8. The Bertz CT molecular complexity index is 558. The first-order chi connectivity index (χ1) is 9.20. The maximum absolute atomic E-state index is 11.0. The SMILES string of the molecule is N#Cc1ccc(NCCC2=CCCC2)c([N+](=O)[O-])c1. The van der Waals surface area contributed by atoms with Gasteiger partial charge in [0.2, 0.25) is 0 Å². The van der Waals surface area contributed by atoms with Gasteiger partial charge in [-0.3, -0.25) is 10.1 Å². The van der Waals surface area contributed by atoms with Crippen molar-refractivity contribution in [2.24, 2.45) is 0 Å². The average molecular weight is 257 g/mol. The summed E-state index contributed by atoms with van der Waals surface area (Å²) in [6.45, 7) is 0.679. The van der Waals surface area contributed by atoms with Crippen LogP contribution in [0.3, 0.4) is 0 Å². The number of benzene rings is 1. The molecule has 0 unspecified atom stereocenters. The predicted molar refractivity (Wildman–Crippen MR) is 72.9 cm³/mol. The van der Waals surface area contributed by atoms with E-state index in [4.69, 9.17) is 5.26 Å². The average Bonchev–Trinajstić information content (AvgIpc) is 2.92. The third-order valence-electron chi connectivity index (χ3n) is 3.22. The fourth-order valence-electron chi connectivity index (χ4n) is 2.22. The molecule has 0 bridgehead atoms. The molecule has 0 saturated heterocycles. The smallest absolute Gasteiger partial charge is 0.293 e. The van der Waals surface area contributed by atoms with Crippen LogP contribution < -0.4 is 5.32 Å². The van der Waals surface area contributed by atoms with E-state index in [1.807, 2.05) is 6.07 Å². The van der Waals surface area contributed by atoms with Crippen LogP contribution in [0.1, 0.15) is 31.2 Å². The quantitative estimate of drug-likeness (QED) is 0.498. The second-order valence-corrected chi connectivity index (χ2v) is 4.53. The Hall–Kier alpha value is -2.35. The molecule has 0 aromatic heterocycles. The molecule has 0 atom stereocenters. The second kappa shape index (κ2) is 6.01. The van der Waals surface area contributed by atoms with Crippen molar-refractivity contribution in [3.63, 3.8) is 0 Å². The molecule has 1 N–H and O–H groups in total. The third-order valence-corrected chi connectivity index (χ3v) is 3.22. The van der Waals surface area contributed by atoms with Crippen LogP contribution in [0.15, 0.2) is 29.8 Å². The molecule has 0 aliphatic heterocycles. The summed E-state index contributed by atoms with van der Waals surface area (Å²) >= 11 is 0. The lowest BCUT2D eigenvalue weighted by atomic mass is 10.1. The minimum atomic E-state index is -0.460. The van der Waals surface area contributed by atoms with Crippen molar-refractivity contribution in [1.82, 2.24) is 0 Å². The summed E-state index contributed by atoms with van der Waals surface area (Å²) in [5.41, 5.74) is 2.15. The summed E-state index contributed by atoms with van der Waals surface area (Å²) in [6, 6.07) is 6.40. The molecular weight excluding hydrogens is 242 g/mol. The molecule has 1 aliphatic carbocycles. The number of nitriles is 1. The zero-order valence-corrected chi connectivity index (χ0v) is 10.6. The number of hydrogen-bond acceptors (Lipinski definition) is 4. The largest absolute Gasteiger partial charge is 0.379 e. The summed E-state index contributed by atoms with van der Waals surface area (Å²) in [7, 11) is 0. The van der Waals surface area contributed by atoms with E-state index in [0.29, 0.717) is 17.8 Å². The number of nitrogens with one attached hydrogen (secondary N) is 1. The monoisotopic (exact) mass is 257 g/mol. The van der Waals surface area contributed by atoms with Crippen molar-refractivity contribution in [2.45, 2.75) is 25.7 Å². The highest BCUT2D eigenvalue weighted by atomic mass is 16.6. The third kappa shape index (κ3) is 3.32. The fraction of sp³-hybridized carbons (Fsp3) is 0.357. The van der Waals surface area contributed by atoms with Gasteiger partial charge in [-0.15, -0.1) is 0 Å². The Labute approximate surface area is 111 Å². The molecule has 0 amide bonds. The Morgan fingerprint density at radius 3 is 2.95 bits per heavy atom. The molecule has 0 saturated carbocycles. The van der Waals surface area contributed by atoms with E-state index in [2.05, 4.69) is 11.4 Å². The van der Waals surface area contributed by atoms with Gasteiger partial charge in [0.1, 0.15) is 5.69 Å². The molecule has 0 radical (unpaired) electrons. The van der Waals surface area contributed by atoms with Gasteiger partial charge in [-0.25, -0.2) is 0 Å². The highest BCUT2D eigenvalue weighted by Gasteiger charge is 2.14. The molecule has 0 heterocycles. The summed E-state index contributed by atoms with van der Waals surface area (Å²) in [6.07, 6.45) is 6.65. The predicted octanol–water partition coefficient (Wildman–Crippen LogP) is 3.38. The van der Waals surface area contributed by atoms with Gasteiger partial charge in [0.15, 0.2) is 0 Å². The number of nitro groups is 1. The van der Waals surface area contributed by atoms with Gasteiger partial charge in [-0.05, 0) is 37.8 Å². The first-order valence-corrected chi connectivity index (χ1v) is 6.31. The van der Waals surface area contributed by atoms with Crippen LogP contribution in [0.5, 0.6) is 0 Å². The second-order valence-electron chi connectivity index (χ2n) is 4.53. The van der Waals surface area contributed by atoms with Gasteiger partial charge in [0.05, 0.1) is 16.6 Å². The van der Waals surface area contributed by atoms with E-state index in [-0.39, 0.29) is 5.69 Å². The van der Waals surface area contributed by atoms with Crippen LogP contribution in [-0.2, 0) is 0 Å². The molecule has 5 heteroatoms. The Balaban J connectivity index is 2.03. The standard InChI is InChI=1S/C14H15N3O2/c15-10-12-5-6-13(14(9-12)17(18)19)16-8-7-11-3-1-2-4-11/h3,5-6,9,16H,1-2,4,7-8H2. The molecule has 0 spiro atoms. The Kier molecular flexibility index (Phi) is 4.14. The number of nitro benzene ring substituents is 1. The number of hydrogen-bond donors (Lipinski definition) is 1. The topological polar surface area (TPSA) is 79.0 Å². The van der Waals surface area contributed by atoms with Crippen LogP contribution in [-0.4, -0.2) is 11.5 Å². The van der Waals surface area contributed by atoms with Crippen LogP contribution >= 0.6 is 0 Å². The van der Waals surface area contributed by atoms with Crippen LogP contribution in [0.4, 0.5) is 11.4 Å². The van der Waals surface area contributed by atoms with E-state index in [9.17, 15) is 10.1 Å². The van der Waals surface area contributed by atoms with Crippen LogP contribution in [0, 0.1) is 21.4 Å². The molecule has 5 nitrogen and oxygen atoms in total. The first kappa shape index (κ1) is 13.1. The molecular formula is C14H15N3O2. The number of rotatable bonds is 5. The number of nitrogens with zero attached hydrogens (tertiary/aromatic N) is 2. The Morgan fingerprint density at radius 1 is 1.47 bits per heavy atom. The minimum absolute atomic E-state index is 0.0422. The molecule has 1 aromatic carbocycles. The van der Waals surface area contributed by atoms with Gasteiger partial charge >= 0.3 is 0 Å². The van der Waals surface area contributed by atoms with Crippen molar-refractivity contribution < 1.29 is 4.92 Å². The lowest BCUT2D eigenvalue weighted by Crippen LogP contribution is -2.05. The summed E-state index contributed by atoms with van der Waals surface area (Å²) in [4.78, 5) is 10.5. The van der Waals surface area contributed by atoms with Crippen molar-refractivity contribution in [2.75, 3.05) is 11.9 Å². The van der Waals surface area contributed by atoms with Gasteiger partial charge in [-0.1, -0.05) is 11.6 Å². The molecule has 1 aromatic rings. The minimum Gasteiger partial charge on any atom is -0.379 e. The van der Waals surface area contributed by atoms with Crippen molar-refractivity contribution in [1.29, 1.82) is 5.26 Å². The van der Waals surface area contributed by atoms with Crippen molar-refractivity contribution in [3.8, 4) is 6.07 Å². The normalized spacial score (nSPS) is 13.7. The zero-order chi connectivity index (χ0) is 13.7. The maximum Gasteiger partial charge on any atom is 0.293 e. The molecule has 98 valence electrons. The van der Waals surface area contributed by atoms with E-state index in [0.717, 1.165) is 19.3 Å². The lowest BCUT2D eigenvalue weighted by Gasteiger charge is -2.07. The number of allylic oxidation sites excluding steroid dienone is 1. The van der Waals surface area contributed by atoms with Gasteiger partial charge in [0, 0.05) is 12.6 Å². The highest BCUT2D eigenvalue weighted by molar-refractivity contribution is 5.64. The first-order valence-electron chi connectivity index (χ1n) is 6.31. The van der Waals surface area contributed by atoms with Crippen LogP contribution in [0.25, 0.3) is 0 Å².